The molecule has 1 atom stereocenters. The Bertz CT molecular complexity index is 522. The van der Waals surface area contributed by atoms with Crippen LogP contribution in [-0.2, 0) is 9.59 Å². The van der Waals surface area contributed by atoms with Crippen molar-refractivity contribution < 1.29 is 24.2 Å². The minimum Gasteiger partial charge on any atom is -0.490 e. The van der Waals surface area contributed by atoms with Crippen molar-refractivity contribution in [2.24, 2.45) is 0 Å². The van der Waals surface area contributed by atoms with Crippen LogP contribution in [0.5, 0.6) is 11.5 Å². The van der Waals surface area contributed by atoms with Gasteiger partial charge in [-0.05, 0) is 19.1 Å². The second kappa shape index (κ2) is 7.21. The van der Waals surface area contributed by atoms with Crippen LogP contribution in [0.3, 0.4) is 0 Å². The minimum atomic E-state index is -0.983. The highest BCUT2D eigenvalue weighted by atomic mass is 32.2. The summed E-state index contributed by atoms with van der Waals surface area (Å²) in [6.07, 6.45) is 0. The molecule has 7 heteroatoms. The summed E-state index contributed by atoms with van der Waals surface area (Å²) in [5, 5.41) is 9.06. The summed E-state index contributed by atoms with van der Waals surface area (Å²) >= 11 is 1.42. The highest BCUT2D eigenvalue weighted by molar-refractivity contribution is 7.99. The molecule has 1 aromatic rings. The predicted octanol–water partition coefficient (Wildman–Crippen LogP) is 1.45. The molecule has 1 N–H and O–H groups in total. The largest absolute Gasteiger partial charge is 0.490 e. The van der Waals surface area contributed by atoms with Crippen LogP contribution >= 0.6 is 11.8 Å². The number of carboxylic acid groups (broad SMARTS) is 1. The maximum Gasteiger partial charge on any atom is 0.327 e. The molecule has 1 aromatic carbocycles. The summed E-state index contributed by atoms with van der Waals surface area (Å²) in [7, 11) is 0. The van der Waals surface area contributed by atoms with Crippen molar-refractivity contribution in [1.29, 1.82) is 0 Å². The first kappa shape index (κ1) is 15.5. The van der Waals surface area contributed by atoms with Crippen molar-refractivity contribution in [3.05, 3.63) is 24.3 Å². The number of carboxylic acids is 1. The monoisotopic (exact) mass is 311 g/mol. The van der Waals surface area contributed by atoms with Crippen LogP contribution in [0, 0.1) is 0 Å². The molecule has 21 heavy (non-hydrogen) atoms. The smallest absolute Gasteiger partial charge is 0.327 e. The quantitative estimate of drug-likeness (QED) is 0.857. The van der Waals surface area contributed by atoms with Crippen LogP contribution in [0.2, 0.25) is 0 Å². The molecule has 0 radical (unpaired) electrons. The van der Waals surface area contributed by atoms with Crippen LogP contribution in [-0.4, -0.2) is 52.8 Å². The third-order valence-corrected chi connectivity index (χ3v) is 4.00. The molecule has 1 aliphatic rings. The fourth-order valence-corrected chi connectivity index (χ4v) is 3.13. The summed E-state index contributed by atoms with van der Waals surface area (Å²) in [4.78, 5) is 24.5. The van der Waals surface area contributed by atoms with Gasteiger partial charge in [0, 0.05) is 5.75 Å². The Morgan fingerprint density at radius 2 is 2.00 bits per heavy atom. The molecule has 1 amide bonds. The molecule has 0 bridgehead atoms. The standard InChI is InChI=1S/C14H17NO5S/c1-2-19-11-5-3-4-6-12(11)20-7-13(16)15-9-21-8-10(15)14(17)18/h3-6,10H,2,7-9H2,1H3,(H,17,18). The Labute approximate surface area is 127 Å². The van der Waals surface area contributed by atoms with E-state index in [-0.39, 0.29) is 12.5 Å². The lowest BCUT2D eigenvalue weighted by molar-refractivity contribution is -0.148. The number of rotatable bonds is 6. The number of benzene rings is 1. The number of carbonyl (C=O) groups is 2. The lowest BCUT2D eigenvalue weighted by Crippen LogP contribution is -2.43. The maximum atomic E-state index is 12.1. The van der Waals surface area contributed by atoms with Gasteiger partial charge in [-0.1, -0.05) is 12.1 Å². The highest BCUT2D eigenvalue weighted by Crippen LogP contribution is 2.27. The molecule has 0 aromatic heterocycles. The van der Waals surface area contributed by atoms with Gasteiger partial charge in [0.05, 0.1) is 12.5 Å². The number of carbonyl (C=O) groups excluding carboxylic acids is 1. The average Bonchev–Trinajstić information content (AvgIpc) is 2.96. The van der Waals surface area contributed by atoms with E-state index in [2.05, 4.69) is 0 Å². The van der Waals surface area contributed by atoms with E-state index in [0.717, 1.165) is 0 Å². The zero-order chi connectivity index (χ0) is 15.2. The summed E-state index contributed by atoms with van der Waals surface area (Å²) < 4.78 is 10.9. The van der Waals surface area contributed by atoms with E-state index in [9.17, 15) is 9.59 Å². The van der Waals surface area contributed by atoms with Crippen LogP contribution < -0.4 is 9.47 Å². The van der Waals surface area contributed by atoms with Crippen molar-refractivity contribution in [2.75, 3.05) is 24.8 Å². The molecule has 114 valence electrons. The van der Waals surface area contributed by atoms with Gasteiger partial charge in [0.2, 0.25) is 0 Å². The second-order valence-corrected chi connectivity index (χ2v) is 5.39. The number of hydrogen-bond acceptors (Lipinski definition) is 5. The molecule has 0 aliphatic carbocycles. The number of aliphatic carboxylic acids is 1. The molecule has 1 aliphatic heterocycles. The van der Waals surface area contributed by atoms with Crippen molar-refractivity contribution in [2.45, 2.75) is 13.0 Å². The van der Waals surface area contributed by atoms with Gasteiger partial charge in [0.25, 0.3) is 5.91 Å². The van der Waals surface area contributed by atoms with Crippen LogP contribution in [0.15, 0.2) is 24.3 Å². The maximum absolute atomic E-state index is 12.1. The van der Waals surface area contributed by atoms with Gasteiger partial charge in [-0.3, -0.25) is 4.79 Å². The summed E-state index contributed by atoms with van der Waals surface area (Å²) in [6.45, 7) is 2.16. The first-order valence-corrected chi connectivity index (χ1v) is 7.73. The van der Waals surface area contributed by atoms with E-state index >= 15 is 0 Å². The Kier molecular flexibility index (Phi) is 5.32. The van der Waals surface area contributed by atoms with Crippen molar-refractivity contribution >= 4 is 23.6 Å². The van der Waals surface area contributed by atoms with E-state index < -0.39 is 12.0 Å². The van der Waals surface area contributed by atoms with E-state index in [1.807, 2.05) is 13.0 Å². The van der Waals surface area contributed by atoms with Crippen LogP contribution in [0.25, 0.3) is 0 Å². The number of nitrogens with zero attached hydrogens (tertiary/aromatic N) is 1. The van der Waals surface area contributed by atoms with E-state index in [1.165, 1.54) is 16.7 Å². The van der Waals surface area contributed by atoms with Gasteiger partial charge in [0.1, 0.15) is 6.04 Å². The molecular weight excluding hydrogens is 294 g/mol. The fourth-order valence-electron chi connectivity index (χ4n) is 1.96. The van der Waals surface area contributed by atoms with Crippen molar-refractivity contribution in [3.8, 4) is 11.5 Å². The molecule has 1 saturated heterocycles. The number of thioether (sulfide) groups is 1. The molecule has 6 nitrogen and oxygen atoms in total. The first-order valence-electron chi connectivity index (χ1n) is 6.58. The Balaban J connectivity index is 1.96. The van der Waals surface area contributed by atoms with Gasteiger partial charge in [-0.25, -0.2) is 4.79 Å². The number of ether oxygens (including phenoxy) is 2. The number of para-hydroxylation sites is 2. The zero-order valence-electron chi connectivity index (χ0n) is 11.7. The van der Waals surface area contributed by atoms with Gasteiger partial charge in [-0.15, -0.1) is 11.8 Å². The molecule has 0 spiro atoms. The number of amides is 1. The van der Waals surface area contributed by atoms with E-state index in [4.69, 9.17) is 14.6 Å². The van der Waals surface area contributed by atoms with E-state index in [1.54, 1.807) is 18.2 Å². The Morgan fingerprint density at radius 3 is 2.62 bits per heavy atom. The first-order chi connectivity index (χ1) is 10.1. The normalized spacial score (nSPS) is 17.6. The lowest BCUT2D eigenvalue weighted by Gasteiger charge is -2.20. The second-order valence-electron chi connectivity index (χ2n) is 4.39. The lowest BCUT2D eigenvalue weighted by atomic mass is 10.3. The molecule has 0 saturated carbocycles. The summed E-state index contributed by atoms with van der Waals surface area (Å²) in [5.74, 6) is 0.523. The third-order valence-electron chi connectivity index (χ3n) is 2.99. The van der Waals surface area contributed by atoms with E-state index in [0.29, 0.717) is 29.7 Å². The minimum absolute atomic E-state index is 0.200. The van der Waals surface area contributed by atoms with Gasteiger partial charge in [-0.2, -0.15) is 0 Å². The Morgan fingerprint density at radius 1 is 1.33 bits per heavy atom. The zero-order valence-corrected chi connectivity index (χ0v) is 12.5. The van der Waals surface area contributed by atoms with Gasteiger partial charge >= 0.3 is 5.97 Å². The SMILES string of the molecule is CCOc1ccccc1OCC(=O)N1CSCC1C(=O)O. The predicted molar refractivity (Wildman–Crippen MR) is 78.7 cm³/mol. The topological polar surface area (TPSA) is 76.1 Å². The third kappa shape index (κ3) is 3.81. The van der Waals surface area contributed by atoms with Crippen LogP contribution in [0.4, 0.5) is 0 Å². The van der Waals surface area contributed by atoms with Crippen molar-refractivity contribution in [3.63, 3.8) is 0 Å². The van der Waals surface area contributed by atoms with Crippen molar-refractivity contribution in [1.82, 2.24) is 4.90 Å². The van der Waals surface area contributed by atoms with Crippen LogP contribution in [0.1, 0.15) is 6.92 Å². The molecular formula is C14H17NO5S. The van der Waals surface area contributed by atoms with Gasteiger partial charge in [0.15, 0.2) is 18.1 Å². The molecule has 1 unspecified atom stereocenters. The summed E-state index contributed by atoms with van der Waals surface area (Å²) in [6, 6.07) is 6.31. The molecule has 1 fully saturated rings. The average molecular weight is 311 g/mol. The number of hydrogen-bond donors (Lipinski definition) is 1. The highest BCUT2D eigenvalue weighted by Gasteiger charge is 2.34. The molecule has 1 heterocycles. The molecule has 2 rings (SSSR count). The Hall–Kier alpha value is -1.89. The summed E-state index contributed by atoms with van der Waals surface area (Å²) in [5.41, 5.74) is 0. The van der Waals surface area contributed by atoms with Gasteiger partial charge < -0.3 is 19.5 Å². The fraction of sp³-hybridized carbons (Fsp3) is 0.429.